The molecule has 23 heavy (non-hydrogen) atoms. The van der Waals surface area contributed by atoms with Gasteiger partial charge in [-0.3, -0.25) is 9.80 Å². The van der Waals surface area contributed by atoms with Crippen molar-refractivity contribution in [3.63, 3.8) is 0 Å². The Bertz CT molecular complexity index is 682. The maximum absolute atomic E-state index is 12.2. The van der Waals surface area contributed by atoms with E-state index in [4.69, 9.17) is 0 Å². The van der Waals surface area contributed by atoms with Gasteiger partial charge in [0.25, 0.3) is 0 Å². The van der Waals surface area contributed by atoms with E-state index in [-0.39, 0.29) is 5.78 Å². The molecule has 1 aliphatic rings. The summed E-state index contributed by atoms with van der Waals surface area (Å²) < 4.78 is 0. The molecule has 1 heterocycles. The summed E-state index contributed by atoms with van der Waals surface area (Å²) in [5, 5.41) is 6.43. The van der Waals surface area contributed by atoms with Gasteiger partial charge in [0.15, 0.2) is 11.6 Å². The SMILES string of the molecule is CN1CN(CC(=O)CCc2ccccc2)N=C1c1ccccc1. The minimum absolute atomic E-state index is 0.223. The van der Waals surface area contributed by atoms with E-state index in [0.29, 0.717) is 19.6 Å². The van der Waals surface area contributed by atoms with Crippen molar-refractivity contribution < 1.29 is 4.79 Å². The summed E-state index contributed by atoms with van der Waals surface area (Å²) in [4.78, 5) is 14.3. The lowest BCUT2D eigenvalue weighted by atomic mass is 10.1. The predicted molar refractivity (Wildman–Crippen MR) is 92.1 cm³/mol. The van der Waals surface area contributed by atoms with E-state index in [9.17, 15) is 4.79 Å². The number of rotatable bonds is 6. The molecule has 0 amide bonds. The van der Waals surface area contributed by atoms with E-state index in [0.717, 1.165) is 17.8 Å². The molecular weight excluding hydrogens is 286 g/mol. The van der Waals surface area contributed by atoms with Crippen LogP contribution in [0, 0.1) is 0 Å². The minimum Gasteiger partial charge on any atom is -0.339 e. The number of amidine groups is 1. The first-order valence-electron chi connectivity index (χ1n) is 7.88. The van der Waals surface area contributed by atoms with Crippen molar-refractivity contribution in [2.24, 2.45) is 5.10 Å². The highest BCUT2D eigenvalue weighted by atomic mass is 16.1. The van der Waals surface area contributed by atoms with Crippen molar-refractivity contribution in [3.8, 4) is 0 Å². The topological polar surface area (TPSA) is 35.9 Å². The van der Waals surface area contributed by atoms with Crippen molar-refractivity contribution >= 4 is 11.6 Å². The van der Waals surface area contributed by atoms with Crippen molar-refractivity contribution in [2.75, 3.05) is 20.3 Å². The van der Waals surface area contributed by atoms with Gasteiger partial charge in [-0.2, -0.15) is 5.10 Å². The van der Waals surface area contributed by atoms with E-state index in [1.54, 1.807) is 0 Å². The fourth-order valence-electron chi connectivity index (χ4n) is 2.72. The standard InChI is InChI=1S/C19H21N3O/c1-21-15-22(20-19(21)17-10-6-3-7-11-17)14-18(23)13-12-16-8-4-2-5-9-16/h2-11H,12-15H2,1H3. The predicted octanol–water partition coefficient (Wildman–Crippen LogP) is 2.76. The molecule has 4 nitrogen and oxygen atoms in total. The molecule has 0 bridgehead atoms. The summed E-state index contributed by atoms with van der Waals surface area (Å²) in [5.74, 6) is 1.14. The molecule has 4 heteroatoms. The van der Waals surface area contributed by atoms with Crippen LogP contribution in [0.15, 0.2) is 65.8 Å². The Morgan fingerprint density at radius 1 is 1.04 bits per heavy atom. The summed E-state index contributed by atoms with van der Waals surface area (Å²) in [5.41, 5.74) is 2.28. The Hall–Kier alpha value is -2.62. The molecule has 0 saturated heterocycles. The van der Waals surface area contributed by atoms with Gasteiger partial charge in [-0.25, -0.2) is 0 Å². The summed E-state index contributed by atoms with van der Waals surface area (Å²) in [7, 11) is 2.00. The summed E-state index contributed by atoms with van der Waals surface area (Å²) in [6, 6.07) is 20.2. The Balaban J connectivity index is 1.56. The zero-order chi connectivity index (χ0) is 16.1. The zero-order valence-corrected chi connectivity index (χ0v) is 13.4. The van der Waals surface area contributed by atoms with E-state index >= 15 is 0 Å². The second kappa shape index (κ2) is 7.09. The zero-order valence-electron chi connectivity index (χ0n) is 13.4. The van der Waals surface area contributed by atoms with E-state index in [2.05, 4.69) is 22.1 Å². The van der Waals surface area contributed by atoms with Crippen molar-refractivity contribution in [1.29, 1.82) is 0 Å². The summed E-state index contributed by atoms with van der Waals surface area (Å²) >= 11 is 0. The lowest BCUT2D eigenvalue weighted by molar-refractivity contribution is -0.120. The molecule has 0 aliphatic carbocycles. The highest BCUT2D eigenvalue weighted by Crippen LogP contribution is 2.13. The van der Waals surface area contributed by atoms with E-state index < -0.39 is 0 Å². The largest absolute Gasteiger partial charge is 0.339 e. The Morgan fingerprint density at radius 2 is 1.70 bits per heavy atom. The van der Waals surface area contributed by atoms with Crippen LogP contribution in [0.4, 0.5) is 0 Å². The lowest BCUT2D eigenvalue weighted by Crippen LogP contribution is -2.30. The van der Waals surface area contributed by atoms with Gasteiger partial charge in [0.05, 0.1) is 6.54 Å². The van der Waals surface area contributed by atoms with Crippen LogP contribution in [0.1, 0.15) is 17.5 Å². The fourth-order valence-corrected chi connectivity index (χ4v) is 2.72. The minimum atomic E-state index is 0.223. The van der Waals surface area contributed by atoms with Crippen molar-refractivity contribution in [3.05, 3.63) is 71.8 Å². The quantitative estimate of drug-likeness (QED) is 0.823. The Morgan fingerprint density at radius 3 is 2.39 bits per heavy atom. The smallest absolute Gasteiger partial charge is 0.157 e. The van der Waals surface area contributed by atoms with Gasteiger partial charge in [0.2, 0.25) is 0 Å². The van der Waals surface area contributed by atoms with E-state index in [1.165, 1.54) is 5.56 Å². The maximum Gasteiger partial charge on any atom is 0.157 e. The third-order valence-electron chi connectivity index (χ3n) is 3.90. The molecule has 0 saturated carbocycles. The first kappa shape index (κ1) is 15.3. The number of benzene rings is 2. The number of Topliss-reactive ketones (excluding diaryl/α,β-unsaturated/α-hetero) is 1. The molecule has 0 aromatic heterocycles. The maximum atomic E-state index is 12.2. The molecule has 1 aliphatic heterocycles. The van der Waals surface area contributed by atoms with Gasteiger partial charge in [-0.1, -0.05) is 60.7 Å². The average molecular weight is 307 g/mol. The second-order valence-electron chi connectivity index (χ2n) is 5.82. The molecule has 0 fully saturated rings. The van der Waals surface area contributed by atoms with Crippen LogP contribution in [0.3, 0.4) is 0 Å². The summed E-state index contributed by atoms with van der Waals surface area (Å²) in [6.45, 7) is 1.02. The summed E-state index contributed by atoms with van der Waals surface area (Å²) in [6.07, 6.45) is 1.35. The van der Waals surface area contributed by atoms with Gasteiger partial charge in [0.1, 0.15) is 6.67 Å². The van der Waals surface area contributed by atoms with Crippen molar-refractivity contribution in [2.45, 2.75) is 12.8 Å². The number of hydrogen-bond acceptors (Lipinski definition) is 4. The number of hydrazone groups is 1. The third-order valence-corrected chi connectivity index (χ3v) is 3.90. The molecule has 0 radical (unpaired) electrons. The Kier molecular flexibility index (Phi) is 4.71. The van der Waals surface area contributed by atoms with Crippen LogP contribution < -0.4 is 0 Å². The average Bonchev–Trinajstić information content (AvgIpc) is 2.95. The highest BCUT2D eigenvalue weighted by molar-refractivity contribution is 5.99. The molecule has 0 unspecified atom stereocenters. The molecule has 3 rings (SSSR count). The first-order valence-corrected chi connectivity index (χ1v) is 7.88. The number of carbonyl (C=O) groups is 1. The number of nitrogens with zero attached hydrogens (tertiary/aromatic N) is 3. The molecular formula is C19H21N3O. The molecule has 0 spiro atoms. The Labute approximate surface area is 137 Å². The van der Waals surface area contributed by atoms with Gasteiger partial charge >= 0.3 is 0 Å². The number of hydrogen-bond donors (Lipinski definition) is 0. The third kappa shape index (κ3) is 3.97. The van der Waals surface area contributed by atoms with Gasteiger partial charge in [0, 0.05) is 19.0 Å². The number of ketones is 1. The molecule has 118 valence electrons. The highest BCUT2D eigenvalue weighted by Gasteiger charge is 2.22. The van der Waals surface area contributed by atoms with Crippen molar-refractivity contribution in [1.82, 2.24) is 9.91 Å². The number of carbonyl (C=O) groups excluding carboxylic acids is 1. The second-order valence-corrected chi connectivity index (χ2v) is 5.82. The van der Waals surface area contributed by atoms with E-state index in [1.807, 2.05) is 60.6 Å². The first-order chi connectivity index (χ1) is 11.2. The molecule has 0 atom stereocenters. The van der Waals surface area contributed by atoms with Gasteiger partial charge < -0.3 is 4.90 Å². The fraction of sp³-hybridized carbons (Fsp3) is 0.263. The number of aryl methyl sites for hydroxylation is 1. The van der Waals surface area contributed by atoms with Gasteiger partial charge in [-0.05, 0) is 12.0 Å². The molecule has 0 N–H and O–H groups in total. The molecule has 2 aromatic carbocycles. The van der Waals surface area contributed by atoms with Crippen LogP contribution in [-0.2, 0) is 11.2 Å². The van der Waals surface area contributed by atoms with Crippen LogP contribution in [0.5, 0.6) is 0 Å². The van der Waals surface area contributed by atoms with Crippen LogP contribution in [0.2, 0.25) is 0 Å². The molecule has 2 aromatic rings. The normalized spacial score (nSPS) is 14.0. The van der Waals surface area contributed by atoms with Crippen LogP contribution in [0.25, 0.3) is 0 Å². The van der Waals surface area contributed by atoms with Crippen LogP contribution >= 0.6 is 0 Å². The van der Waals surface area contributed by atoms with Gasteiger partial charge in [-0.15, -0.1) is 0 Å². The van der Waals surface area contributed by atoms with Crippen LogP contribution in [-0.4, -0.2) is 41.8 Å². The lowest BCUT2D eigenvalue weighted by Gasteiger charge is -2.16. The monoisotopic (exact) mass is 307 g/mol.